The molecule has 0 bridgehead atoms. The van der Waals surface area contributed by atoms with Gasteiger partial charge in [0.1, 0.15) is 0 Å². The lowest BCUT2D eigenvalue weighted by atomic mass is 10.1. The van der Waals surface area contributed by atoms with Crippen molar-refractivity contribution in [2.75, 3.05) is 12.3 Å². The number of unbranched alkanes of at least 4 members (excludes halogenated alkanes) is 2. The van der Waals surface area contributed by atoms with Crippen LogP contribution < -0.4 is 10.6 Å². The van der Waals surface area contributed by atoms with Crippen molar-refractivity contribution in [2.45, 2.75) is 65.0 Å². The maximum Gasteiger partial charge on any atom is 0.00411 e. The van der Waals surface area contributed by atoms with Crippen molar-refractivity contribution in [1.82, 2.24) is 0 Å². The van der Waals surface area contributed by atoms with Crippen molar-refractivity contribution in [3.63, 3.8) is 0 Å². The van der Waals surface area contributed by atoms with Crippen molar-refractivity contribution in [3.05, 3.63) is 96.6 Å². The van der Waals surface area contributed by atoms with Gasteiger partial charge < -0.3 is 0 Å². The van der Waals surface area contributed by atoms with E-state index in [9.17, 15) is 0 Å². The fourth-order valence-electron chi connectivity index (χ4n) is 4.88. The van der Waals surface area contributed by atoms with Crippen LogP contribution in [0.4, 0.5) is 0 Å². The third-order valence-corrected chi connectivity index (χ3v) is 15.2. The predicted octanol–water partition coefficient (Wildman–Crippen LogP) is 9.04. The van der Waals surface area contributed by atoms with Gasteiger partial charge in [0.15, 0.2) is 0 Å². The van der Waals surface area contributed by atoms with Gasteiger partial charge >= 0.3 is 0 Å². The summed E-state index contributed by atoms with van der Waals surface area (Å²) in [6, 6.07) is 34.2. The Morgan fingerprint density at radius 3 is 1.52 bits per heavy atom. The maximum atomic E-state index is 2.96. The molecule has 0 saturated heterocycles. The first kappa shape index (κ1) is 26.0. The SMILES string of the molecule is CCCCP(=CP(c1ccccc1)c1ccccc1)(CCCC)C(CCC)c1ccccc1. The number of rotatable bonds is 13. The molecule has 0 saturated carbocycles. The summed E-state index contributed by atoms with van der Waals surface area (Å²) in [5.74, 6) is 0. The lowest BCUT2D eigenvalue weighted by molar-refractivity contribution is 0.753. The Kier molecular flexibility index (Phi) is 11.0. The Morgan fingerprint density at radius 1 is 0.636 bits per heavy atom. The Labute approximate surface area is 204 Å². The normalized spacial score (nSPS) is 12.6. The molecule has 0 spiro atoms. The van der Waals surface area contributed by atoms with Crippen molar-refractivity contribution >= 4 is 31.0 Å². The number of hydrogen-bond donors (Lipinski definition) is 0. The second-order valence-electron chi connectivity index (χ2n) is 9.13. The molecule has 0 aliphatic heterocycles. The second kappa shape index (κ2) is 13.9. The molecule has 0 aliphatic carbocycles. The van der Waals surface area contributed by atoms with Gasteiger partial charge in [-0.2, -0.15) is 0 Å². The third kappa shape index (κ3) is 7.18. The molecular formula is C31H42P2. The predicted molar refractivity (Wildman–Crippen MR) is 156 cm³/mol. The van der Waals surface area contributed by atoms with Crippen LogP contribution in [0.5, 0.6) is 0 Å². The molecule has 0 amide bonds. The lowest BCUT2D eigenvalue weighted by Crippen LogP contribution is -2.16. The highest BCUT2D eigenvalue weighted by Gasteiger charge is 2.30. The zero-order valence-electron chi connectivity index (χ0n) is 20.9. The number of benzene rings is 3. The van der Waals surface area contributed by atoms with E-state index in [1.807, 2.05) is 0 Å². The summed E-state index contributed by atoms with van der Waals surface area (Å²) in [5, 5.41) is 3.00. The molecule has 1 unspecified atom stereocenters. The maximum absolute atomic E-state index is 2.96. The van der Waals surface area contributed by atoms with Crippen LogP contribution in [0.2, 0.25) is 0 Å². The summed E-state index contributed by atoms with van der Waals surface area (Å²) in [5.41, 5.74) is 5.22. The first-order valence-corrected chi connectivity index (χ1v) is 16.6. The fourth-order valence-corrected chi connectivity index (χ4v) is 14.8. The van der Waals surface area contributed by atoms with Gasteiger partial charge in [-0.15, -0.1) is 0 Å². The zero-order valence-corrected chi connectivity index (χ0v) is 22.7. The van der Waals surface area contributed by atoms with E-state index in [1.165, 1.54) is 61.5 Å². The summed E-state index contributed by atoms with van der Waals surface area (Å²) < 4.78 is 0. The van der Waals surface area contributed by atoms with Gasteiger partial charge in [0, 0.05) is 5.66 Å². The van der Waals surface area contributed by atoms with Gasteiger partial charge in [-0.3, -0.25) is 0 Å². The van der Waals surface area contributed by atoms with E-state index < -0.39 is 14.8 Å². The Balaban J connectivity index is 2.25. The zero-order chi connectivity index (χ0) is 23.4. The third-order valence-electron chi connectivity index (χ3n) is 6.64. The Bertz CT molecular complexity index is 912. The molecule has 0 radical (unpaired) electrons. The van der Waals surface area contributed by atoms with E-state index in [0.29, 0.717) is 5.66 Å². The quantitative estimate of drug-likeness (QED) is 0.216. The fraction of sp³-hybridized carbons (Fsp3) is 0.387. The monoisotopic (exact) mass is 476 g/mol. The highest BCUT2D eigenvalue weighted by Crippen LogP contribution is 2.65. The largest absolute Gasteiger partial charge is 0.0965 e. The van der Waals surface area contributed by atoms with Crippen LogP contribution in [0.15, 0.2) is 91.0 Å². The van der Waals surface area contributed by atoms with Crippen LogP contribution >= 0.6 is 14.8 Å². The summed E-state index contributed by atoms with van der Waals surface area (Å²) in [4.78, 5) is 0. The van der Waals surface area contributed by atoms with Crippen LogP contribution in [0.3, 0.4) is 0 Å². The van der Waals surface area contributed by atoms with Gasteiger partial charge in [-0.05, 0) is 55.7 Å². The molecule has 1 atom stereocenters. The second-order valence-corrected chi connectivity index (χ2v) is 15.5. The van der Waals surface area contributed by atoms with Crippen molar-refractivity contribution < 1.29 is 0 Å². The highest BCUT2D eigenvalue weighted by atomic mass is 31.2. The van der Waals surface area contributed by atoms with E-state index in [1.54, 1.807) is 5.56 Å². The van der Waals surface area contributed by atoms with Gasteiger partial charge in [-0.25, -0.2) is 0 Å². The van der Waals surface area contributed by atoms with Gasteiger partial charge in [0.2, 0.25) is 0 Å². The summed E-state index contributed by atoms with van der Waals surface area (Å²) in [7, 11) is -0.481. The number of hydrogen-bond acceptors (Lipinski definition) is 0. The van der Waals surface area contributed by atoms with Crippen LogP contribution in [0, 0.1) is 0 Å². The van der Waals surface area contributed by atoms with Gasteiger partial charge in [0.25, 0.3) is 0 Å². The molecule has 176 valence electrons. The smallest absolute Gasteiger partial charge is 0.00411 e. The Morgan fingerprint density at radius 2 is 1.09 bits per heavy atom. The minimum absolute atomic E-state index is 0.481. The van der Waals surface area contributed by atoms with E-state index in [0.717, 1.165) is 0 Å². The molecule has 0 aromatic heterocycles. The van der Waals surface area contributed by atoms with Gasteiger partial charge in [-0.1, -0.05) is 143 Å². The molecule has 0 N–H and O–H groups in total. The molecular weight excluding hydrogens is 434 g/mol. The molecule has 3 aromatic carbocycles. The average Bonchev–Trinajstić information content (AvgIpc) is 2.89. The molecule has 0 heterocycles. The molecule has 2 heteroatoms. The first-order chi connectivity index (χ1) is 16.2. The first-order valence-electron chi connectivity index (χ1n) is 12.9. The molecule has 3 aromatic rings. The van der Waals surface area contributed by atoms with Crippen LogP contribution in [0.25, 0.3) is 0 Å². The Hall–Kier alpha value is -1.61. The van der Waals surface area contributed by atoms with Gasteiger partial charge in [0.05, 0.1) is 0 Å². The van der Waals surface area contributed by atoms with Crippen LogP contribution in [0.1, 0.15) is 70.5 Å². The minimum Gasteiger partial charge on any atom is -0.0965 e. The van der Waals surface area contributed by atoms with E-state index in [-0.39, 0.29) is 0 Å². The molecule has 33 heavy (non-hydrogen) atoms. The summed E-state index contributed by atoms with van der Waals surface area (Å²) >= 11 is 0. The summed E-state index contributed by atoms with van der Waals surface area (Å²) in [6.07, 6.45) is 10.6. The van der Waals surface area contributed by atoms with E-state index >= 15 is 0 Å². The molecule has 0 aliphatic rings. The topological polar surface area (TPSA) is 0 Å². The van der Waals surface area contributed by atoms with Crippen LogP contribution in [-0.4, -0.2) is 17.9 Å². The van der Waals surface area contributed by atoms with E-state index in [2.05, 4.69) is 117 Å². The average molecular weight is 477 g/mol. The lowest BCUT2D eigenvalue weighted by Gasteiger charge is -2.38. The summed E-state index contributed by atoms with van der Waals surface area (Å²) in [6.45, 7) is 5.74. The standard InChI is InChI=1S/C31H42P2/c1-4-7-25-33(26-8-5-2,31(18-6-3)28-19-12-9-13-20-28)27-32(29-21-14-10-15-22-29)30-23-16-11-17-24-30/h9-17,19-24,27,31H,4-8,18,25-26H2,1-3H3. The van der Waals surface area contributed by atoms with Crippen molar-refractivity contribution in [2.24, 2.45) is 0 Å². The highest BCUT2D eigenvalue weighted by molar-refractivity contribution is 7.99. The van der Waals surface area contributed by atoms with Crippen LogP contribution in [-0.2, 0) is 0 Å². The molecule has 3 rings (SSSR count). The molecule has 0 fully saturated rings. The molecule has 0 nitrogen and oxygen atoms in total. The minimum atomic E-state index is -1.36. The van der Waals surface area contributed by atoms with E-state index in [4.69, 9.17) is 0 Å². The van der Waals surface area contributed by atoms with Crippen molar-refractivity contribution in [3.8, 4) is 0 Å². The van der Waals surface area contributed by atoms with Crippen molar-refractivity contribution in [1.29, 1.82) is 0 Å².